The molecule has 0 spiro atoms. The van der Waals surface area contributed by atoms with Crippen LogP contribution in [-0.2, 0) is 37.4 Å². The molecule has 66 heavy (non-hydrogen) atoms. The fraction of sp³-hybridized carbons (Fsp3) is 0.725. The number of carbonyl (C=O) groups is 2. The highest BCUT2D eigenvalue weighted by Gasteiger charge is 2.51. The Morgan fingerprint density at radius 2 is 1.02 bits per heavy atom. The van der Waals surface area contributed by atoms with Crippen molar-refractivity contribution in [3.05, 3.63) is 72.9 Å². The van der Waals surface area contributed by atoms with Crippen molar-refractivity contribution in [1.29, 1.82) is 0 Å². The summed E-state index contributed by atoms with van der Waals surface area (Å²) in [4.78, 5) is 35.8. The first-order valence-corrected chi connectivity index (χ1v) is 26.4. The van der Waals surface area contributed by atoms with Gasteiger partial charge in [-0.2, -0.15) is 0 Å². The van der Waals surface area contributed by atoms with Crippen molar-refractivity contribution in [3.63, 3.8) is 0 Å². The predicted octanol–water partition coefficient (Wildman–Crippen LogP) is 9.27. The summed E-state index contributed by atoms with van der Waals surface area (Å²) in [7, 11) is -5.15. The number of epoxide rings is 1. The van der Waals surface area contributed by atoms with E-state index in [1.54, 1.807) is 0 Å². The average Bonchev–Trinajstić information content (AvgIpc) is 4.06. The number of phosphoric ester groups is 1. The second-order valence-corrected chi connectivity index (χ2v) is 18.7. The van der Waals surface area contributed by atoms with Crippen molar-refractivity contribution in [2.75, 3.05) is 13.2 Å². The number of hydrogen-bond acceptors (Lipinski definition) is 13. The maximum absolute atomic E-state index is 12.8. The van der Waals surface area contributed by atoms with Crippen LogP contribution in [0, 0.1) is 0 Å². The molecule has 0 amide bonds. The Morgan fingerprint density at radius 1 is 0.545 bits per heavy atom. The minimum absolute atomic E-state index is 0.0356. The normalized spacial score (nSPS) is 25.0. The molecule has 1 aliphatic carbocycles. The quantitative estimate of drug-likeness (QED) is 0.0111. The number of unbranched alkanes of at least 4 members (excludes halogenated alkanes) is 13. The van der Waals surface area contributed by atoms with Gasteiger partial charge in [-0.1, -0.05) is 151 Å². The molecule has 1 saturated heterocycles. The maximum Gasteiger partial charge on any atom is 0.472 e. The molecule has 2 aliphatic rings. The lowest BCUT2D eigenvalue weighted by Gasteiger charge is -2.41. The van der Waals surface area contributed by atoms with E-state index in [1.807, 2.05) is 18.2 Å². The standard InChI is InChI=1S/C51H85O14P/c1-3-5-7-8-9-10-11-12-13-14-15-16-20-23-26-29-33-37-44(52)61-39-41(40-62-66(59,60)65-51-49(57)47(55)46(54)48(56)50(51)58)63-45(53)38-34-30-27-24-21-18-17-19-22-25-28-32-36-43-42(64-43)35-31-6-4-2/h6,12-13,18-19,21-22,27-28,30-32,41-43,46-51,54-58H,3-5,7-11,14-17,20,23-26,29,33-40H2,1-2H3,(H,59,60)/b13-12-,21-18-,22-19-,30-27-,31-6-,32-28-/t41-,42?,43?,46?,47-,48+,49-,50-,51?/m1/s1. The highest BCUT2D eigenvalue weighted by atomic mass is 31.2. The second kappa shape index (κ2) is 37.2. The van der Waals surface area contributed by atoms with E-state index in [0.29, 0.717) is 31.5 Å². The van der Waals surface area contributed by atoms with Crippen LogP contribution in [-0.4, -0.2) is 111 Å². The summed E-state index contributed by atoms with van der Waals surface area (Å²) in [6.45, 7) is 3.11. The highest BCUT2D eigenvalue weighted by molar-refractivity contribution is 7.47. The van der Waals surface area contributed by atoms with E-state index in [-0.39, 0.29) is 12.8 Å². The molecule has 1 heterocycles. The van der Waals surface area contributed by atoms with Crippen LogP contribution in [0.4, 0.5) is 0 Å². The lowest BCUT2D eigenvalue weighted by molar-refractivity contribution is -0.220. The van der Waals surface area contributed by atoms with Gasteiger partial charge >= 0.3 is 19.8 Å². The first-order valence-electron chi connectivity index (χ1n) is 24.9. The molecule has 10 atom stereocenters. The van der Waals surface area contributed by atoms with Crippen LogP contribution < -0.4 is 0 Å². The van der Waals surface area contributed by atoms with Crippen LogP contribution in [0.1, 0.15) is 168 Å². The Hall–Kier alpha value is -2.75. The van der Waals surface area contributed by atoms with Crippen LogP contribution >= 0.6 is 7.82 Å². The molecule has 1 saturated carbocycles. The van der Waals surface area contributed by atoms with E-state index in [9.17, 15) is 44.6 Å². The fourth-order valence-electron chi connectivity index (χ4n) is 7.35. The molecule has 0 aromatic heterocycles. The highest BCUT2D eigenvalue weighted by Crippen LogP contribution is 2.47. The van der Waals surface area contributed by atoms with Gasteiger partial charge in [0.25, 0.3) is 0 Å². The van der Waals surface area contributed by atoms with E-state index in [0.717, 1.165) is 64.2 Å². The molecule has 378 valence electrons. The van der Waals surface area contributed by atoms with E-state index < -0.39 is 75.7 Å². The van der Waals surface area contributed by atoms with Gasteiger partial charge < -0.3 is 44.6 Å². The fourth-order valence-corrected chi connectivity index (χ4v) is 8.32. The zero-order chi connectivity index (χ0) is 48.3. The number of aliphatic hydroxyl groups excluding tert-OH is 5. The largest absolute Gasteiger partial charge is 0.472 e. The average molecular weight is 953 g/mol. The van der Waals surface area contributed by atoms with Gasteiger partial charge in [-0.05, 0) is 77.0 Å². The molecule has 0 bridgehead atoms. The second-order valence-electron chi connectivity index (χ2n) is 17.3. The van der Waals surface area contributed by atoms with E-state index in [1.165, 1.54) is 57.8 Å². The van der Waals surface area contributed by atoms with Gasteiger partial charge in [-0.25, -0.2) is 4.57 Å². The molecule has 5 unspecified atom stereocenters. The number of carbonyl (C=O) groups excluding carboxylic acids is 2. The Labute approximate surface area is 395 Å². The third-order valence-corrected chi connectivity index (χ3v) is 12.4. The Morgan fingerprint density at radius 3 is 1.58 bits per heavy atom. The van der Waals surface area contributed by atoms with Crippen LogP contribution in [0.15, 0.2) is 72.9 Å². The monoisotopic (exact) mass is 953 g/mol. The third kappa shape index (κ3) is 28.5. The smallest absolute Gasteiger partial charge is 0.462 e. The summed E-state index contributed by atoms with van der Waals surface area (Å²) in [6.07, 6.45) is 35.7. The Bertz CT molecular complexity index is 1490. The molecule has 0 aromatic carbocycles. The summed E-state index contributed by atoms with van der Waals surface area (Å²) in [5.74, 6) is -1.21. The molecule has 2 fully saturated rings. The van der Waals surface area contributed by atoms with Crippen LogP contribution in [0.25, 0.3) is 0 Å². The lowest BCUT2D eigenvalue weighted by atomic mass is 9.85. The van der Waals surface area contributed by atoms with Crippen molar-refractivity contribution >= 4 is 19.8 Å². The molecule has 14 nitrogen and oxygen atoms in total. The number of esters is 2. The van der Waals surface area contributed by atoms with Gasteiger partial charge in [0.1, 0.15) is 43.2 Å². The van der Waals surface area contributed by atoms with Gasteiger partial charge in [0.05, 0.1) is 18.8 Å². The van der Waals surface area contributed by atoms with E-state index >= 15 is 0 Å². The summed E-state index contributed by atoms with van der Waals surface area (Å²) in [6, 6.07) is 0. The molecule has 2 rings (SSSR count). The SMILES string of the molecule is CC/C=C\CC1OC1C/C=C\C/C=C\C/C=C\C/C=C\CCC(=O)O[C@H](COC(=O)CCCCCCCCC/C=C\CCCCCCCC)COP(=O)(O)OC1[C@H](O)[C@H](O)C(O)[C@H](O)[C@H]1O. The molecule has 0 radical (unpaired) electrons. The first-order chi connectivity index (χ1) is 31.9. The summed E-state index contributed by atoms with van der Waals surface area (Å²) >= 11 is 0. The van der Waals surface area contributed by atoms with Crippen LogP contribution in [0.3, 0.4) is 0 Å². The van der Waals surface area contributed by atoms with E-state index in [2.05, 4.69) is 68.5 Å². The molecule has 1 aliphatic heterocycles. The van der Waals surface area contributed by atoms with Gasteiger partial charge in [0, 0.05) is 12.8 Å². The maximum atomic E-state index is 12.8. The van der Waals surface area contributed by atoms with Crippen molar-refractivity contribution in [2.45, 2.75) is 223 Å². The van der Waals surface area contributed by atoms with Crippen LogP contribution in [0.2, 0.25) is 0 Å². The first kappa shape index (κ1) is 59.4. The summed E-state index contributed by atoms with van der Waals surface area (Å²) < 4.78 is 39.2. The number of aliphatic hydroxyl groups is 5. The molecular formula is C51H85O14P. The van der Waals surface area contributed by atoms with Crippen molar-refractivity contribution in [1.82, 2.24) is 0 Å². The summed E-state index contributed by atoms with van der Waals surface area (Å²) in [5.41, 5.74) is 0. The Balaban J connectivity index is 1.71. The third-order valence-electron chi connectivity index (χ3n) is 11.4. The molecule has 15 heteroatoms. The zero-order valence-electron chi connectivity index (χ0n) is 39.9. The van der Waals surface area contributed by atoms with E-state index in [4.69, 9.17) is 23.3 Å². The zero-order valence-corrected chi connectivity index (χ0v) is 40.8. The minimum atomic E-state index is -5.15. The molecular weight excluding hydrogens is 868 g/mol. The number of phosphoric acid groups is 1. The molecule has 0 aromatic rings. The Kier molecular flexibility index (Phi) is 33.5. The minimum Gasteiger partial charge on any atom is -0.462 e. The predicted molar refractivity (Wildman–Crippen MR) is 257 cm³/mol. The topological polar surface area (TPSA) is 222 Å². The number of hydrogen-bond donors (Lipinski definition) is 6. The summed E-state index contributed by atoms with van der Waals surface area (Å²) in [5, 5.41) is 50.2. The molecule has 6 N–H and O–H groups in total. The number of ether oxygens (including phenoxy) is 3. The van der Waals surface area contributed by atoms with Gasteiger partial charge in [0.15, 0.2) is 6.10 Å². The van der Waals surface area contributed by atoms with Crippen molar-refractivity contribution in [3.8, 4) is 0 Å². The lowest BCUT2D eigenvalue weighted by Crippen LogP contribution is -2.64. The number of rotatable bonds is 39. The van der Waals surface area contributed by atoms with Crippen molar-refractivity contribution in [2.24, 2.45) is 0 Å². The van der Waals surface area contributed by atoms with Gasteiger partial charge in [0.2, 0.25) is 0 Å². The van der Waals surface area contributed by atoms with Crippen molar-refractivity contribution < 1.29 is 67.8 Å². The number of allylic oxidation sites excluding steroid dienone is 10. The van der Waals surface area contributed by atoms with Crippen LogP contribution in [0.5, 0.6) is 0 Å². The van der Waals surface area contributed by atoms with Gasteiger partial charge in [-0.15, -0.1) is 0 Å². The van der Waals surface area contributed by atoms with Gasteiger partial charge in [-0.3, -0.25) is 18.6 Å².